The zero-order valence-electron chi connectivity index (χ0n) is 20.0. The Morgan fingerprint density at radius 3 is 2.42 bits per heavy atom. The van der Waals surface area contributed by atoms with Crippen LogP contribution in [0.1, 0.15) is 44.4 Å². The second-order valence-electron chi connectivity index (χ2n) is 9.05. The standard InChI is InChI=1S/C26H36N4O2S/c1-4-26(32,5-2)24-11-10-22(19-27-24)30-13-12-21(25(30)31)18-20-8-6-7-9-23(20)28-14-16-29(33-3)17-15-28/h6-11,19,21,32H,4-5,12-18H2,1-3H3/t21-/m1/s1. The molecule has 6 nitrogen and oxygen atoms in total. The van der Waals surface area contributed by atoms with E-state index in [1.54, 1.807) is 6.20 Å². The SMILES string of the molecule is CCC(O)(CC)c1ccc(N2CC[C@H](Cc3ccccc3N3CCN(SC)CC3)C2=O)cn1. The van der Waals surface area contributed by atoms with E-state index in [2.05, 4.69) is 44.7 Å². The van der Waals surface area contributed by atoms with Gasteiger partial charge in [0.25, 0.3) is 0 Å². The van der Waals surface area contributed by atoms with Gasteiger partial charge in [0.2, 0.25) is 5.91 Å². The Labute approximate surface area is 202 Å². The van der Waals surface area contributed by atoms with E-state index in [1.807, 2.05) is 42.8 Å². The van der Waals surface area contributed by atoms with Crippen LogP contribution in [0.3, 0.4) is 0 Å². The molecule has 3 heterocycles. The molecule has 178 valence electrons. The number of carbonyl (C=O) groups is 1. The summed E-state index contributed by atoms with van der Waals surface area (Å²) in [7, 11) is 0. The van der Waals surface area contributed by atoms with E-state index < -0.39 is 5.60 Å². The van der Waals surface area contributed by atoms with Gasteiger partial charge in [-0.1, -0.05) is 44.0 Å². The van der Waals surface area contributed by atoms with E-state index in [1.165, 1.54) is 11.3 Å². The van der Waals surface area contributed by atoms with E-state index in [0.29, 0.717) is 25.1 Å². The van der Waals surface area contributed by atoms with Crippen LogP contribution in [-0.2, 0) is 16.8 Å². The molecule has 0 saturated carbocycles. The number of hydrogen-bond acceptors (Lipinski definition) is 6. The molecule has 2 saturated heterocycles. The van der Waals surface area contributed by atoms with Crippen LogP contribution < -0.4 is 9.80 Å². The van der Waals surface area contributed by atoms with Gasteiger partial charge in [0.15, 0.2) is 0 Å². The van der Waals surface area contributed by atoms with Crippen molar-refractivity contribution in [1.82, 2.24) is 9.29 Å². The molecule has 7 heteroatoms. The molecule has 0 radical (unpaired) electrons. The van der Waals surface area contributed by atoms with Crippen LogP contribution in [0, 0.1) is 5.92 Å². The van der Waals surface area contributed by atoms with Crippen LogP contribution in [0.2, 0.25) is 0 Å². The maximum Gasteiger partial charge on any atom is 0.230 e. The molecule has 33 heavy (non-hydrogen) atoms. The van der Waals surface area contributed by atoms with Gasteiger partial charge in [0.1, 0.15) is 5.60 Å². The van der Waals surface area contributed by atoms with Crippen molar-refractivity contribution >= 4 is 29.2 Å². The number of aromatic nitrogens is 1. The van der Waals surface area contributed by atoms with Gasteiger partial charge in [0, 0.05) is 44.3 Å². The fourth-order valence-electron chi connectivity index (χ4n) is 4.99. The van der Waals surface area contributed by atoms with Gasteiger partial charge in [-0.25, -0.2) is 4.31 Å². The fourth-order valence-corrected chi connectivity index (χ4v) is 5.52. The summed E-state index contributed by atoms with van der Waals surface area (Å²) >= 11 is 1.81. The lowest BCUT2D eigenvalue weighted by Crippen LogP contribution is -2.43. The predicted molar refractivity (Wildman–Crippen MR) is 137 cm³/mol. The highest BCUT2D eigenvalue weighted by Gasteiger charge is 2.34. The number of benzene rings is 1. The number of pyridine rings is 1. The van der Waals surface area contributed by atoms with E-state index in [4.69, 9.17) is 0 Å². The van der Waals surface area contributed by atoms with Crippen LogP contribution in [-0.4, -0.2) is 59.3 Å². The number of piperazine rings is 1. The van der Waals surface area contributed by atoms with Gasteiger partial charge in [-0.2, -0.15) is 0 Å². The van der Waals surface area contributed by atoms with Crippen molar-refractivity contribution in [3.05, 3.63) is 53.9 Å². The van der Waals surface area contributed by atoms with Gasteiger partial charge in [-0.3, -0.25) is 9.78 Å². The Bertz CT molecular complexity index is 940. The second-order valence-corrected chi connectivity index (χ2v) is 9.93. The van der Waals surface area contributed by atoms with Crippen molar-refractivity contribution in [2.45, 2.75) is 45.1 Å². The number of aliphatic hydroxyl groups is 1. The fraction of sp³-hybridized carbons (Fsp3) is 0.538. The molecule has 1 aromatic heterocycles. The molecule has 2 aromatic rings. The summed E-state index contributed by atoms with van der Waals surface area (Å²) in [5.41, 5.74) is 3.13. The Kier molecular flexibility index (Phi) is 7.62. The highest BCUT2D eigenvalue weighted by atomic mass is 32.2. The minimum absolute atomic E-state index is 0.0125. The first-order valence-corrected chi connectivity index (χ1v) is 13.3. The Morgan fingerprint density at radius 1 is 1.06 bits per heavy atom. The summed E-state index contributed by atoms with van der Waals surface area (Å²) in [6.07, 6.45) is 6.73. The van der Waals surface area contributed by atoms with Crippen molar-refractivity contribution < 1.29 is 9.90 Å². The van der Waals surface area contributed by atoms with Crippen molar-refractivity contribution in [2.24, 2.45) is 5.92 Å². The molecule has 2 fully saturated rings. The van der Waals surface area contributed by atoms with E-state index >= 15 is 0 Å². The molecule has 0 bridgehead atoms. The van der Waals surface area contributed by atoms with Crippen LogP contribution >= 0.6 is 11.9 Å². The van der Waals surface area contributed by atoms with Gasteiger partial charge < -0.3 is 14.9 Å². The number of carbonyl (C=O) groups excluding carboxylic acids is 1. The Hall–Kier alpha value is -2.09. The van der Waals surface area contributed by atoms with E-state index in [9.17, 15) is 9.90 Å². The van der Waals surface area contributed by atoms with Gasteiger partial charge in [-0.15, -0.1) is 0 Å². The molecular formula is C26H36N4O2S. The third-order valence-electron chi connectivity index (χ3n) is 7.32. The number of rotatable bonds is 8. The van der Waals surface area contributed by atoms with Gasteiger partial charge >= 0.3 is 0 Å². The molecule has 1 atom stereocenters. The normalized spacial score (nSPS) is 20.0. The molecule has 1 aromatic carbocycles. The topological polar surface area (TPSA) is 59.9 Å². The first-order valence-electron chi connectivity index (χ1n) is 12.1. The maximum absolute atomic E-state index is 13.3. The molecule has 0 unspecified atom stereocenters. The van der Waals surface area contributed by atoms with Crippen molar-refractivity contribution in [3.63, 3.8) is 0 Å². The predicted octanol–water partition coefficient (Wildman–Crippen LogP) is 4.08. The first-order chi connectivity index (χ1) is 16.0. The minimum atomic E-state index is -0.902. The molecule has 4 rings (SSSR count). The monoisotopic (exact) mass is 468 g/mol. The number of anilines is 2. The second kappa shape index (κ2) is 10.5. The van der Waals surface area contributed by atoms with Crippen LogP contribution in [0.4, 0.5) is 11.4 Å². The molecule has 2 aliphatic rings. The Morgan fingerprint density at radius 2 is 1.79 bits per heavy atom. The van der Waals surface area contributed by atoms with Gasteiger partial charge in [-0.05, 0) is 55.7 Å². The number of amides is 1. The van der Waals surface area contributed by atoms with Crippen molar-refractivity contribution in [3.8, 4) is 0 Å². The quantitative estimate of drug-likeness (QED) is 0.589. The zero-order valence-corrected chi connectivity index (χ0v) is 20.9. The van der Waals surface area contributed by atoms with Crippen LogP contribution in [0.25, 0.3) is 0 Å². The van der Waals surface area contributed by atoms with Crippen LogP contribution in [0.15, 0.2) is 42.6 Å². The Balaban J connectivity index is 1.44. The molecule has 0 spiro atoms. The maximum atomic E-state index is 13.3. The van der Waals surface area contributed by atoms with Crippen LogP contribution in [0.5, 0.6) is 0 Å². The highest BCUT2D eigenvalue weighted by molar-refractivity contribution is 7.96. The molecular weight excluding hydrogens is 432 g/mol. The van der Waals surface area contributed by atoms with Gasteiger partial charge in [0.05, 0.1) is 17.6 Å². The lowest BCUT2D eigenvalue weighted by atomic mass is 9.93. The molecule has 0 aliphatic carbocycles. The molecule has 1 amide bonds. The smallest absolute Gasteiger partial charge is 0.230 e. The number of hydrogen-bond donors (Lipinski definition) is 1. The number of nitrogens with zero attached hydrogens (tertiary/aromatic N) is 4. The lowest BCUT2D eigenvalue weighted by molar-refractivity contribution is -0.120. The largest absolute Gasteiger partial charge is 0.384 e. The summed E-state index contributed by atoms with van der Waals surface area (Å²) in [5.74, 6) is 0.161. The summed E-state index contributed by atoms with van der Waals surface area (Å²) in [6.45, 7) is 8.79. The number of para-hydroxylation sites is 1. The summed E-state index contributed by atoms with van der Waals surface area (Å²) in [4.78, 5) is 22.1. The summed E-state index contributed by atoms with van der Waals surface area (Å²) in [6, 6.07) is 12.4. The third-order valence-corrected chi connectivity index (χ3v) is 8.20. The highest BCUT2D eigenvalue weighted by Crippen LogP contribution is 2.33. The van der Waals surface area contributed by atoms with E-state index in [-0.39, 0.29) is 11.8 Å². The van der Waals surface area contributed by atoms with E-state index in [0.717, 1.165) is 44.7 Å². The minimum Gasteiger partial charge on any atom is -0.384 e. The lowest BCUT2D eigenvalue weighted by Gasteiger charge is -2.36. The first kappa shape index (κ1) is 24.0. The zero-order chi connectivity index (χ0) is 23.4. The molecule has 2 aliphatic heterocycles. The average Bonchev–Trinajstić information content (AvgIpc) is 3.23. The third kappa shape index (κ3) is 5.05. The molecule has 1 N–H and O–H groups in total. The average molecular weight is 469 g/mol. The summed E-state index contributed by atoms with van der Waals surface area (Å²) in [5, 5.41) is 10.7. The van der Waals surface area contributed by atoms with Crippen molar-refractivity contribution in [1.29, 1.82) is 0 Å². The summed E-state index contributed by atoms with van der Waals surface area (Å²) < 4.78 is 2.40. The van der Waals surface area contributed by atoms with Crippen molar-refractivity contribution in [2.75, 3.05) is 48.8 Å².